The maximum Gasteiger partial charge on any atom is 0.322 e. The lowest BCUT2D eigenvalue weighted by molar-refractivity contribution is 0.0919. The predicted molar refractivity (Wildman–Crippen MR) is 56.1 cm³/mol. The standard InChI is InChI=1S/C10H10N4O2/c1-6-4-2-3-5-7(6)9-13-14-10(16-9)8(15)12-11/h2-5H,11H2,1H3,(H,12,15). The molecule has 2 rings (SSSR count). The second kappa shape index (κ2) is 4.11. The molecule has 0 bridgehead atoms. The third kappa shape index (κ3) is 1.78. The van der Waals surface area contributed by atoms with Crippen molar-refractivity contribution in [3.63, 3.8) is 0 Å². The van der Waals surface area contributed by atoms with E-state index in [1.165, 1.54) is 0 Å². The molecule has 1 aromatic heterocycles. The summed E-state index contributed by atoms with van der Waals surface area (Å²) in [7, 11) is 0. The first-order chi connectivity index (χ1) is 7.72. The van der Waals surface area contributed by atoms with Crippen molar-refractivity contribution in [3.8, 4) is 11.5 Å². The number of aromatic nitrogens is 2. The van der Waals surface area contributed by atoms with E-state index in [4.69, 9.17) is 10.3 Å². The van der Waals surface area contributed by atoms with Crippen molar-refractivity contribution in [2.45, 2.75) is 6.92 Å². The van der Waals surface area contributed by atoms with Crippen molar-refractivity contribution in [3.05, 3.63) is 35.7 Å². The molecule has 0 saturated carbocycles. The van der Waals surface area contributed by atoms with Crippen LogP contribution in [0.2, 0.25) is 0 Å². The topological polar surface area (TPSA) is 94.0 Å². The molecule has 1 heterocycles. The zero-order chi connectivity index (χ0) is 11.5. The summed E-state index contributed by atoms with van der Waals surface area (Å²) < 4.78 is 5.19. The number of aryl methyl sites for hydroxylation is 1. The first kappa shape index (κ1) is 10.3. The lowest BCUT2D eigenvalue weighted by atomic mass is 10.1. The van der Waals surface area contributed by atoms with Gasteiger partial charge < -0.3 is 4.42 Å². The molecule has 0 fully saturated rings. The summed E-state index contributed by atoms with van der Waals surface area (Å²) in [4.78, 5) is 11.1. The fraction of sp³-hybridized carbons (Fsp3) is 0.100. The molecule has 0 atom stereocenters. The van der Waals surface area contributed by atoms with E-state index >= 15 is 0 Å². The number of benzene rings is 1. The number of nitrogens with one attached hydrogen (secondary N) is 1. The van der Waals surface area contributed by atoms with Crippen LogP contribution in [0, 0.1) is 6.92 Å². The van der Waals surface area contributed by atoms with Gasteiger partial charge in [-0.1, -0.05) is 18.2 Å². The van der Waals surface area contributed by atoms with Gasteiger partial charge in [0.15, 0.2) is 0 Å². The van der Waals surface area contributed by atoms with Crippen molar-refractivity contribution in [2.75, 3.05) is 0 Å². The predicted octanol–water partition coefficient (Wildman–Crippen LogP) is 0.649. The minimum Gasteiger partial charge on any atom is -0.412 e. The van der Waals surface area contributed by atoms with Crippen LogP contribution < -0.4 is 11.3 Å². The number of hydrogen-bond donors (Lipinski definition) is 2. The number of carbonyl (C=O) groups is 1. The number of nitrogens with zero attached hydrogens (tertiary/aromatic N) is 2. The smallest absolute Gasteiger partial charge is 0.322 e. The highest BCUT2D eigenvalue weighted by atomic mass is 16.4. The number of carbonyl (C=O) groups excluding carboxylic acids is 1. The van der Waals surface area contributed by atoms with Gasteiger partial charge in [0, 0.05) is 5.56 Å². The van der Waals surface area contributed by atoms with E-state index in [1.54, 1.807) is 0 Å². The molecular formula is C10H10N4O2. The van der Waals surface area contributed by atoms with Gasteiger partial charge >= 0.3 is 11.8 Å². The van der Waals surface area contributed by atoms with E-state index in [0.717, 1.165) is 11.1 Å². The van der Waals surface area contributed by atoms with Crippen LogP contribution in [0.1, 0.15) is 16.2 Å². The minimum atomic E-state index is -0.604. The van der Waals surface area contributed by atoms with Crippen LogP contribution in [0.5, 0.6) is 0 Å². The number of amides is 1. The van der Waals surface area contributed by atoms with Crippen LogP contribution in [0.25, 0.3) is 11.5 Å². The lowest BCUT2D eigenvalue weighted by Gasteiger charge is -1.98. The highest BCUT2D eigenvalue weighted by molar-refractivity contribution is 5.89. The Hall–Kier alpha value is -2.21. The first-order valence-electron chi connectivity index (χ1n) is 4.63. The summed E-state index contributed by atoms with van der Waals surface area (Å²) in [5, 5.41) is 7.38. The Kier molecular flexibility index (Phi) is 2.65. The van der Waals surface area contributed by atoms with E-state index < -0.39 is 5.91 Å². The maximum atomic E-state index is 11.1. The summed E-state index contributed by atoms with van der Waals surface area (Å²) in [6.07, 6.45) is 0. The molecule has 3 N–H and O–H groups in total. The molecule has 0 spiro atoms. The SMILES string of the molecule is Cc1ccccc1-c1nnc(C(=O)NN)o1. The summed E-state index contributed by atoms with van der Waals surface area (Å²) in [6.45, 7) is 1.92. The van der Waals surface area contributed by atoms with Gasteiger partial charge in [-0.3, -0.25) is 10.2 Å². The molecule has 82 valence electrons. The quantitative estimate of drug-likeness (QED) is 0.438. The van der Waals surface area contributed by atoms with E-state index in [-0.39, 0.29) is 5.89 Å². The third-order valence-electron chi connectivity index (χ3n) is 2.13. The largest absolute Gasteiger partial charge is 0.412 e. The number of nitrogen functional groups attached to an aromatic ring is 1. The number of nitrogens with two attached hydrogens (primary N) is 1. The number of rotatable bonds is 2. The first-order valence-corrected chi connectivity index (χ1v) is 4.63. The van der Waals surface area contributed by atoms with Gasteiger partial charge in [0.25, 0.3) is 0 Å². The molecule has 0 aliphatic rings. The Labute approximate surface area is 91.4 Å². The van der Waals surface area contributed by atoms with E-state index in [1.807, 2.05) is 36.6 Å². The zero-order valence-corrected chi connectivity index (χ0v) is 8.60. The van der Waals surface area contributed by atoms with E-state index in [9.17, 15) is 4.79 Å². The van der Waals surface area contributed by atoms with Gasteiger partial charge in [0.05, 0.1) is 0 Å². The van der Waals surface area contributed by atoms with Crippen molar-refractivity contribution < 1.29 is 9.21 Å². The Morgan fingerprint density at radius 3 is 2.81 bits per heavy atom. The molecule has 6 heteroatoms. The van der Waals surface area contributed by atoms with Gasteiger partial charge in [-0.25, -0.2) is 5.84 Å². The highest BCUT2D eigenvalue weighted by Gasteiger charge is 2.15. The zero-order valence-electron chi connectivity index (χ0n) is 8.60. The molecule has 0 aliphatic heterocycles. The lowest BCUT2D eigenvalue weighted by Crippen LogP contribution is -2.30. The van der Waals surface area contributed by atoms with Gasteiger partial charge in [0.2, 0.25) is 5.89 Å². The molecule has 6 nitrogen and oxygen atoms in total. The molecule has 2 aromatic rings. The van der Waals surface area contributed by atoms with Gasteiger partial charge in [-0.2, -0.15) is 0 Å². The molecule has 1 amide bonds. The molecule has 16 heavy (non-hydrogen) atoms. The molecule has 0 aliphatic carbocycles. The van der Waals surface area contributed by atoms with Crippen LogP contribution in [0.3, 0.4) is 0 Å². The second-order valence-corrected chi connectivity index (χ2v) is 3.20. The van der Waals surface area contributed by atoms with Crippen molar-refractivity contribution in [1.82, 2.24) is 15.6 Å². The normalized spacial score (nSPS) is 10.1. The summed E-state index contributed by atoms with van der Waals surface area (Å²) in [5.41, 5.74) is 3.71. The number of hydrazine groups is 1. The van der Waals surface area contributed by atoms with Crippen LogP contribution in [-0.2, 0) is 0 Å². The third-order valence-corrected chi connectivity index (χ3v) is 2.13. The summed E-state index contributed by atoms with van der Waals surface area (Å²) in [6, 6.07) is 7.52. The van der Waals surface area contributed by atoms with Gasteiger partial charge in [-0.05, 0) is 18.6 Å². The van der Waals surface area contributed by atoms with E-state index in [2.05, 4.69) is 10.2 Å². The average molecular weight is 218 g/mol. The van der Waals surface area contributed by atoms with Crippen molar-refractivity contribution in [1.29, 1.82) is 0 Å². The maximum absolute atomic E-state index is 11.1. The molecular weight excluding hydrogens is 208 g/mol. The Balaban J connectivity index is 2.39. The van der Waals surface area contributed by atoms with Crippen LogP contribution in [-0.4, -0.2) is 16.1 Å². The van der Waals surface area contributed by atoms with Crippen LogP contribution in [0.4, 0.5) is 0 Å². The van der Waals surface area contributed by atoms with Crippen LogP contribution >= 0.6 is 0 Å². The molecule has 0 saturated heterocycles. The summed E-state index contributed by atoms with van der Waals surface area (Å²) >= 11 is 0. The Bertz CT molecular complexity index is 521. The fourth-order valence-corrected chi connectivity index (χ4v) is 1.30. The van der Waals surface area contributed by atoms with E-state index in [0.29, 0.717) is 5.89 Å². The fourth-order valence-electron chi connectivity index (χ4n) is 1.30. The van der Waals surface area contributed by atoms with Gasteiger partial charge in [0.1, 0.15) is 0 Å². The highest BCUT2D eigenvalue weighted by Crippen LogP contribution is 2.21. The summed E-state index contributed by atoms with van der Waals surface area (Å²) in [5.74, 6) is 4.50. The van der Waals surface area contributed by atoms with Crippen molar-refractivity contribution in [2.24, 2.45) is 5.84 Å². The molecule has 1 aromatic carbocycles. The molecule has 0 unspecified atom stereocenters. The van der Waals surface area contributed by atoms with Crippen molar-refractivity contribution >= 4 is 5.91 Å². The van der Waals surface area contributed by atoms with Gasteiger partial charge in [-0.15, -0.1) is 10.2 Å². The molecule has 0 radical (unpaired) electrons. The Morgan fingerprint density at radius 2 is 2.12 bits per heavy atom. The minimum absolute atomic E-state index is 0.152. The second-order valence-electron chi connectivity index (χ2n) is 3.20. The average Bonchev–Trinajstić information content (AvgIpc) is 2.78. The number of hydrogen-bond acceptors (Lipinski definition) is 5. The Morgan fingerprint density at radius 1 is 1.38 bits per heavy atom. The monoisotopic (exact) mass is 218 g/mol. The van der Waals surface area contributed by atoms with Crippen LogP contribution in [0.15, 0.2) is 28.7 Å².